The molecule has 0 saturated carbocycles. The fourth-order valence-electron chi connectivity index (χ4n) is 0.849. The number of thioether (sulfide) groups is 3. The van der Waals surface area contributed by atoms with Crippen molar-refractivity contribution in [1.29, 1.82) is 0 Å². The molecule has 2 unspecified atom stereocenters. The van der Waals surface area contributed by atoms with Crippen LogP contribution in [0.1, 0.15) is 0 Å². The van der Waals surface area contributed by atoms with Gasteiger partial charge in [-0.3, -0.25) is 0 Å². The monoisotopic (exact) mass is 338 g/mol. The highest BCUT2D eigenvalue weighted by atomic mass is 32.2. The van der Waals surface area contributed by atoms with Gasteiger partial charge in [0.05, 0.1) is 0 Å². The second-order valence-corrected chi connectivity index (χ2v) is 8.61. The quantitative estimate of drug-likeness (QED) is 0.355. The van der Waals surface area contributed by atoms with Gasteiger partial charge < -0.3 is 0 Å². The molecule has 0 aromatic heterocycles. The van der Waals surface area contributed by atoms with Crippen LogP contribution in [0.25, 0.3) is 0 Å². The van der Waals surface area contributed by atoms with Gasteiger partial charge in [-0.15, -0.1) is 23.5 Å². The molecule has 0 fully saturated rings. The van der Waals surface area contributed by atoms with Gasteiger partial charge in [0.2, 0.25) is 0 Å². The number of hydrogen-bond acceptors (Lipinski definition) is 7. The zero-order chi connectivity index (χ0) is 11.5. The van der Waals surface area contributed by atoms with Crippen LogP contribution < -0.4 is 0 Å². The first-order valence-corrected chi connectivity index (χ1v) is 10.3. The summed E-state index contributed by atoms with van der Waals surface area (Å²) in [4.78, 5) is 0. The molecule has 0 aliphatic rings. The Labute approximate surface area is 128 Å². The summed E-state index contributed by atoms with van der Waals surface area (Å²) in [5.74, 6) is 4.19. The summed E-state index contributed by atoms with van der Waals surface area (Å²) in [5.41, 5.74) is 0. The molecule has 0 spiro atoms. The van der Waals surface area contributed by atoms with Gasteiger partial charge >= 0.3 is 0 Å². The largest absolute Gasteiger partial charge is 0.178 e. The fraction of sp³-hybridized carbons (Fsp3) is 1.00. The molecule has 0 amide bonds. The van der Waals surface area contributed by atoms with Crippen molar-refractivity contribution in [3.63, 3.8) is 0 Å². The lowest BCUT2D eigenvalue weighted by Gasteiger charge is -2.15. The predicted molar refractivity (Wildman–Crippen MR) is 95.5 cm³/mol. The van der Waals surface area contributed by atoms with E-state index >= 15 is 0 Å². The van der Waals surface area contributed by atoms with Gasteiger partial charge in [0.15, 0.2) is 0 Å². The Morgan fingerprint density at radius 3 is 1.40 bits per heavy atom. The standard InChI is InChI=1S/C8H18S7/c9-1-7(14-5-11)3-13-4-8(2-10)15-6-12/h7-12H,1-6H2. The summed E-state index contributed by atoms with van der Waals surface area (Å²) in [5, 5.41) is 3.01. The summed E-state index contributed by atoms with van der Waals surface area (Å²) in [6.07, 6.45) is 0. The molecule has 0 heterocycles. The third-order valence-corrected chi connectivity index (χ3v) is 7.51. The van der Waals surface area contributed by atoms with Crippen LogP contribution >= 0.6 is 85.8 Å². The highest BCUT2D eigenvalue weighted by Crippen LogP contribution is 2.23. The number of thiol groups is 4. The van der Waals surface area contributed by atoms with Crippen molar-refractivity contribution in [3.05, 3.63) is 0 Å². The molecule has 0 aromatic carbocycles. The van der Waals surface area contributed by atoms with Crippen molar-refractivity contribution in [2.24, 2.45) is 0 Å². The van der Waals surface area contributed by atoms with Gasteiger partial charge in [-0.1, -0.05) is 0 Å². The average Bonchev–Trinajstić information content (AvgIpc) is 2.26. The van der Waals surface area contributed by atoms with Gasteiger partial charge in [-0.25, -0.2) is 0 Å². The van der Waals surface area contributed by atoms with E-state index in [0.717, 1.165) is 33.2 Å². The highest BCUT2D eigenvalue weighted by molar-refractivity contribution is 8.12. The normalized spacial score (nSPS) is 15.2. The summed E-state index contributed by atoms with van der Waals surface area (Å²) < 4.78 is 0. The first kappa shape index (κ1) is 17.4. The smallest absolute Gasteiger partial charge is 0.0365 e. The molecule has 7 heteroatoms. The van der Waals surface area contributed by atoms with Crippen LogP contribution in [0, 0.1) is 0 Å². The minimum Gasteiger partial charge on any atom is -0.178 e. The van der Waals surface area contributed by atoms with Crippen molar-refractivity contribution >= 4 is 85.8 Å². The Kier molecular flexibility index (Phi) is 15.0. The van der Waals surface area contributed by atoms with Gasteiger partial charge in [0, 0.05) is 43.7 Å². The highest BCUT2D eigenvalue weighted by Gasteiger charge is 2.10. The Hall–Kier alpha value is 2.45. The van der Waals surface area contributed by atoms with Gasteiger partial charge in [-0.2, -0.15) is 62.3 Å². The summed E-state index contributed by atoms with van der Waals surface area (Å²) in [6.45, 7) is 0. The van der Waals surface area contributed by atoms with Crippen LogP contribution in [0.4, 0.5) is 0 Å². The lowest BCUT2D eigenvalue weighted by molar-refractivity contribution is 1.12. The molecular formula is C8H18S7. The predicted octanol–water partition coefficient (Wildman–Crippen LogP) is 3.56. The van der Waals surface area contributed by atoms with E-state index in [-0.39, 0.29) is 0 Å². The molecule has 0 rings (SSSR count). The van der Waals surface area contributed by atoms with Crippen LogP contribution in [0.15, 0.2) is 0 Å². The molecule has 0 radical (unpaired) electrons. The number of rotatable bonds is 10. The second kappa shape index (κ2) is 12.9. The fourth-order valence-corrected chi connectivity index (χ4v) is 6.23. The maximum atomic E-state index is 4.34. The summed E-state index contributed by atoms with van der Waals surface area (Å²) in [7, 11) is 0. The SMILES string of the molecule is SCSC(CS)CSCC(CS)SCS. The average molecular weight is 339 g/mol. The van der Waals surface area contributed by atoms with Gasteiger partial charge in [0.1, 0.15) is 0 Å². The van der Waals surface area contributed by atoms with Gasteiger partial charge in [-0.05, 0) is 0 Å². The molecular weight excluding hydrogens is 321 g/mol. The van der Waals surface area contributed by atoms with E-state index in [1.54, 1.807) is 0 Å². The molecule has 2 atom stereocenters. The number of hydrogen-bond donors (Lipinski definition) is 4. The third kappa shape index (κ3) is 10.1. The van der Waals surface area contributed by atoms with E-state index in [0.29, 0.717) is 10.5 Å². The lowest BCUT2D eigenvalue weighted by atomic mass is 10.5. The summed E-state index contributed by atoms with van der Waals surface area (Å²) in [6, 6.07) is 0. The molecule has 0 bridgehead atoms. The summed E-state index contributed by atoms with van der Waals surface area (Å²) >= 11 is 22.9. The van der Waals surface area contributed by atoms with E-state index in [9.17, 15) is 0 Å². The van der Waals surface area contributed by atoms with Crippen LogP contribution in [0.5, 0.6) is 0 Å². The molecule has 0 saturated heterocycles. The van der Waals surface area contributed by atoms with E-state index < -0.39 is 0 Å². The second-order valence-electron chi connectivity index (χ2n) is 2.74. The Balaban J connectivity index is 3.55. The van der Waals surface area contributed by atoms with Crippen LogP contribution in [-0.4, -0.2) is 43.7 Å². The molecule has 0 aliphatic heterocycles. The molecule has 0 nitrogen and oxygen atoms in total. The van der Waals surface area contributed by atoms with Crippen molar-refractivity contribution in [2.45, 2.75) is 10.5 Å². The van der Waals surface area contributed by atoms with E-state index in [4.69, 9.17) is 0 Å². The molecule has 15 heavy (non-hydrogen) atoms. The molecule has 0 aliphatic carbocycles. The topological polar surface area (TPSA) is 0 Å². The Morgan fingerprint density at radius 1 is 0.733 bits per heavy atom. The molecule has 0 aromatic rings. The van der Waals surface area contributed by atoms with Crippen LogP contribution in [-0.2, 0) is 0 Å². The van der Waals surface area contributed by atoms with Crippen LogP contribution in [0.3, 0.4) is 0 Å². The molecule has 92 valence electrons. The van der Waals surface area contributed by atoms with Crippen molar-refractivity contribution in [1.82, 2.24) is 0 Å². The minimum absolute atomic E-state index is 0.623. The first-order chi connectivity index (χ1) is 7.28. The zero-order valence-electron chi connectivity index (χ0n) is 8.41. The third-order valence-electron chi connectivity index (χ3n) is 1.64. The van der Waals surface area contributed by atoms with E-state index in [2.05, 4.69) is 50.5 Å². The van der Waals surface area contributed by atoms with Crippen molar-refractivity contribution < 1.29 is 0 Å². The Morgan fingerprint density at radius 2 is 1.13 bits per heavy atom. The van der Waals surface area contributed by atoms with Crippen molar-refractivity contribution in [3.8, 4) is 0 Å². The van der Waals surface area contributed by atoms with E-state index in [1.807, 2.05) is 35.3 Å². The zero-order valence-corrected chi connectivity index (χ0v) is 14.4. The van der Waals surface area contributed by atoms with Crippen molar-refractivity contribution in [2.75, 3.05) is 33.2 Å². The first-order valence-electron chi connectivity index (χ1n) is 4.52. The molecule has 0 N–H and O–H groups in total. The maximum absolute atomic E-state index is 4.34. The Bertz CT molecular complexity index is 118. The lowest BCUT2D eigenvalue weighted by Crippen LogP contribution is -2.13. The minimum atomic E-state index is 0.623. The van der Waals surface area contributed by atoms with Crippen LogP contribution in [0.2, 0.25) is 0 Å². The van der Waals surface area contributed by atoms with E-state index in [1.165, 1.54) is 0 Å². The maximum Gasteiger partial charge on any atom is 0.0365 e. The van der Waals surface area contributed by atoms with Gasteiger partial charge in [0.25, 0.3) is 0 Å².